The Labute approximate surface area is 237 Å². The van der Waals surface area contributed by atoms with Gasteiger partial charge < -0.3 is 14.2 Å². The van der Waals surface area contributed by atoms with E-state index in [2.05, 4.69) is 4.52 Å². The summed E-state index contributed by atoms with van der Waals surface area (Å²) >= 11 is 0.156. The number of nitriles is 1. The third-order valence-corrected chi connectivity index (χ3v) is 9.74. The third-order valence-electron chi connectivity index (χ3n) is 5.48. The monoisotopic (exact) mass is 651 g/mol. The first kappa shape index (κ1) is 31.3. The number of alkyl halides is 3. The number of nitrogens with zero attached hydrogens (tertiary/aromatic N) is 2. The van der Waals surface area contributed by atoms with E-state index in [4.69, 9.17) is 10.00 Å². The molecule has 0 aliphatic heterocycles. The first-order chi connectivity index (χ1) is 19.6. The molecule has 1 N–H and O–H groups in total. The molecule has 9 nitrogen and oxygen atoms in total. The van der Waals surface area contributed by atoms with Crippen LogP contribution in [0.4, 0.5) is 26.3 Å². The van der Waals surface area contributed by atoms with Crippen molar-refractivity contribution in [3.63, 3.8) is 0 Å². The minimum absolute atomic E-state index is 0.144. The summed E-state index contributed by atoms with van der Waals surface area (Å²) in [7, 11) is -10.1. The molecule has 0 spiro atoms. The Morgan fingerprint density at radius 3 is 2.40 bits per heavy atom. The van der Waals surface area contributed by atoms with Crippen molar-refractivity contribution < 1.29 is 58.0 Å². The normalized spacial score (nSPS) is 13.5. The van der Waals surface area contributed by atoms with Gasteiger partial charge in [-0.2, -0.15) is 22.8 Å². The summed E-state index contributed by atoms with van der Waals surface area (Å²) in [5.74, 6) is -6.61. The highest BCUT2D eigenvalue weighted by molar-refractivity contribution is 7.92. The highest BCUT2D eigenvalue weighted by Gasteiger charge is 2.34. The molecule has 0 aliphatic carbocycles. The highest BCUT2D eigenvalue weighted by atomic mass is 32.2. The van der Waals surface area contributed by atoms with Crippen LogP contribution in [0.2, 0.25) is 0 Å². The van der Waals surface area contributed by atoms with Crippen molar-refractivity contribution in [2.45, 2.75) is 16.9 Å². The molecule has 0 radical (unpaired) electrons. The summed E-state index contributed by atoms with van der Waals surface area (Å²) in [6.07, 6.45) is -3.19. The summed E-state index contributed by atoms with van der Waals surface area (Å²) in [6, 6.07) is 8.70. The zero-order valence-corrected chi connectivity index (χ0v) is 23.2. The lowest BCUT2D eigenvalue weighted by atomic mass is 10.1. The number of aromatic nitrogens is 1. The molecule has 42 heavy (non-hydrogen) atoms. The van der Waals surface area contributed by atoms with Crippen molar-refractivity contribution in [1.82, 2.24) is 4.72 Å². The molecule has 1 unspecified atom stereocenters. The van der Waals surface area contributed by atoms with Gasteiger partial charge in [0.25, 0.3) is 10.0 Å². The molecule has 0 aliphatic rings. The quantitative estimate of drug-likeness (QED) is 0.116. The Morgan fingerprint density at radius 1 is 1.07 bits per heavy atom. The maximum Gasteiger partial charge on any atom is 0.417 e. The first-order valence-corrected chi connectivity index (χ1v) is 15.4. The van der Waals surface area contributed by atoms with Crippen LogP contribution in [0.5, 0.6) is 11.5 Å². The lowest BCUT2D eigenvalue weighted by molar-refractivity contribution is -0.697. The largest absolute Gasteiger partial charge is 0.768 e. The molecule has 1 atom stereocenters. The van der Waals surface area contributed by atoms with Crippen molar-refractivity contribution >= 4 is 39.0 Å². The predicted molar refractivity (Wildman–Crippen MR) is 133 cm³/mol. The molecule has 2 aromatic heterocycles. The zero-order valence-electron chi connectivity index (χ0n) is 20.7. The van der Waals surface area contributed by atoms with E-state index in [1.54, 1.807) is 39.9 Å². The number of fused-ring (bicyclic) bond motifs is 1. The van der Waals surface area contributed by atoms with Crippen LogP contribution in [0.3, 0.4) is 0 Å². The van der Waals surface area contributed by atoms with Crippen molar-refractivity contribution in [3.05, 3.63) is 83.4 Å². The van der Waals surface area contributed by atoms with Gasteiger partial charge in [-0.15, -0.1) is 11.3 Å². The molecule has 18 heteroatoms. The number of hydrogen-bond donors (Lipinski definition) is 1. The number of thiophene rings is 1. The van der Waals surface area contributed by atoms with Crippen LogP contribution in [0.15, 0.2) is 59.1 Å². The summed E-state index contributed by atoms with van der Waals surface area (Å²) in [4.78, 5) is 12.3. The van der Waals surface area contributed by atoms with Crippen molar-refractivity contribution in [2.75, 3.05) is 12.9 Å². The molecule has 2 aromatic carbocycles. The van der Waals surface area contributed by atoms with Gasteiger partial charge in [0.15, 0.2) is 43.9 Å². The maximum absolute atomic E-state index is 15.1. The van der Waals surface area contributed by atoms with Crippen LogP contribution in [0.25, 0.3) is 10.1 Å². The van der Waals surface area contributed by atoms with E-state index in [9.17, 15) is 39.8 Å². The predicted octanol–water partition coefficient (Wildman–Crippen LogP) is 4.44. The van der Waals surface area contributed by atoms with Gasteiger partial charge in [-0.1, -0.05) is 6.07 Å². The van der Waals surface area contributed by atoms with Crippen LogP contribution >= 0.6 is 18.9 Å². The Bertz CT molecular complexity index is 1850. The fourth-order valence-electron chi connectivity index (χ4n) is 3.55. The molecular weight excluding hydrogens is 635 g/mol. The maximum atomic E-state index is 15.1. The number of rotatable bonds is 10. The molecule has 0 amide bonds. The van der Waals surface area contributed by atoms with Gasteiger partial charge in [-0.05, 0) is 24.3 Å². The van der Waals surface area contributed by atoms with E-state index >= 15 is 4.39 Å². The molecule has 0 bridgehead atoms. The summed E-state index contributed by atoms with van der Waals surface area (Å²) in [5, 5.41) is 8.08. The number of sulfonamides is 1. The van der Waals surface area contributed by atoms with Gasteiger partial charge in [0.05, 0.1) is 28.2 Å². The lowest BCUT2D eigenvalue weighted by Gasteiger charge is -2.24. The molecular formula is C24H16F6N3O6PS2. The van der Waals surface area contributed by atoms with Crippen molar-refractivity contribution in [2.24, 2.45) is 0 Å². The van der Waals surface area contributed by atoms with Crippen LogP contribution < -0.4 is 23.4 Å². The van der Waals surface area contributed by atoms with Gasteiger partial charge in [0.2, 0.25) is 5.82 Å². The minimum atomic E-state index is -5.25. The molecule has 0 fully saturated rings. The fraction of sp³-hybridized carbons (Fsp3) is 0.167. The SMILES string of the molecule is N#Cc1ccc(OP(=O)([O-])CNS(=O)(=O)c2cc3c(F)c(F)c(OCC[n+]4ccccc4)c(F)c3s2)cc1C(F)(F)F. The molecule has 4 rings (SSSR count). The van der Waals surface area contributed by atoms with E-state index < -0.39 is 84.5 Å². The van der Waals surface area contributed by atoms with E-state index in [1.165, 1.54) is 6.07 Å². The molecule has 222 valence electrons. The Hall–Kier alpha value is -3.68. The van der Waals surface area contributed by atoms with Crippen LogP contribution in [-0.2, 0) is 27.3 Å². The zero-order chi connectivity index (χ0) is 30.9. The molecule has 4 aromatic rings. The Kier molecular flexibility index (Phi) is 8.86. The van der Waals surface area contributed by atoms with Crippen molar-refractivity contribution in [3.8, 4) is 17.6 Å². The first-order valence-electron chi connectivity index (χ1n) is 11.4. The number of halogens is 6. The second-order valence-electron chi connectivity index (χ2n) is 8.37. The van der Waals surface area contributed by atoms with E-state index in [-0.39, 0.29) is 30.6 Å². The van der Waals surface area contributed by atoms with Crippen LogP contribution in [0.1, 0.15) is 11.1 Å². The van der Waals surface area contributed by atoms with Gasteiger partial charge >= 0.3 is 6.18 Å². The Morgan fingerprint density at radius 2 is 1.76 bits per heavy atom. The second kappa shape index (κ2) is 11.9. The molecule has 0 saturated carbocycles. The van der Waals surface area contributed by atoms with Gasteiger partial charge in [0, 0.05) is 17.5 Å². The van der Waals surface area contributed by atoms with E-state index in [0.717, 1.165) is 6.07 Å². The smallest absolute Gasteiger partial charge is 0.417 e. The fourth-order valence-corrected chi connectivity index (χ4v) is 7.46. The molecule has 2 heterocycles. The van der Waals surface area contributed by atoms with Crippen LogP contribution in [-0.4, -0.2) is 21.3 Å². The number of nitrogens with one attached hydrogen (secondary N) is 1. The standard InChI is InChI=1S/C24H16F6N3O6PS2/c25-19-16-11-18(41-23(16)21(27)22(20(19)26)38-9-8-33-6-2-1-3-7-33)42(36,37)32-13-40(34,35)39-15-5-4-14(12-31)17(10-15)24(28,29)30/h1-7,10-11,32H,8-9,13H2. The van der Waals surface area contributed by atoms with Gasteiger partial charge in [-0.25, -0.2) is 26.5 Å². The lowest BCUT2D eigenvalue weighted by Crippen LogP contribution is -2.35. The number of pyridine rings is 1. The summed E-state index contributed by atoms with van der Waals surface area (Å²) < 4.78 is 133. The second-order valence-corrected chi connectivity index (χ2v) is 13.1. The molecule has 0 saturated heterocycles. The van der Waals surface area contributed by atoms with E-state index in [1.807, 2.05) is 0 Å². The number of benzene rings is 2. The van der Waals surface area contributed by atoms with Crippen molar-refractivity contribution in [1.29, 1.82) is 5.26 Å². The van der Waals surface area contributed by atoms with E-state index in [0.29, 0.717) is 12.1 Å². The topological polar surface area (TPSA) is 132 Å². The minimum Gasteiger partial charge on any atom is -0.768 e. The third kappa shape index (κ3) is 6.85. The Balaban J connectivity index is 1.52. The number of hydrogen-bond acceptors (Lipinski definition) is 8. The highest BCUT2D eigenvalue weighted by Crippen LogP contribution is 2.42. The average molecular weight is 652 g/mol. The summed E-state index contributed by atoms with van der Waals surface area (Å²) in [5.41, 5.74) is -2.28. The van der Waals surface area contributed by atoms with Gasteiger partial charge in [-0.3, -0.25) is 4.57 Å². The average Bonchev–Trinajstić information content (AvgIpc) is 3.40. The summed E-state index contributed by atoms with van der Waals surface area (Å²) in [6.45, 7) is -0.126. The number of ether oxygens (including phenoxy) is 1. The van der Waals surface area contributed by atoms with Gasteiger partial charge in [0.1, 0.15) is 16.6 Å². The van der Waals surface area contributed by atoms with Crippen LogP contribution in [0, 0.1) is 28.8 Å².